The van der Waals surface area contributed by atoms with Crippen molar-refractivity contribution in [2.45, 2.75) is 37.8 Å². The van der Waals surface area contributed by atoms with Crippen LogP contribution >= 0.6 is 11.3 Å². The van der Waals surface area contributed by atoms with Gasteiger partial charge in [-0.2, -0.15) is 0 Å². The molecule has 0 spiro atoms. The van der Waals surface area contributed by atoms with E-state index in [0.717, 1.165) is 34.5 Å². The molecular formula is C25H25N3O3S. The minimum absolute atomic E-state index is 0.0893. The summed E-state index contributed by atoms with van der Waals surface area (Å²) < 4.78 is 5.46. The van der Waals surface area contributed by atoms with Crippen molar-refractivity contribution in [1.82, 2.24) is 9.88 Å². The third kappa shape index (κ3) is 4.31. The van der Waals surface area contributed by atoms with Crippen molar-refractivity contribution in [2.75, 3.05) is 18.5 Å². The first-order valence-electron chi connectivity index (χ1n) is 11.0. The summed E-state index contributed by atoms with van der Waals surface area (Å²) in [6.45, 7) is 1.76. The van der Waals surface area contributed by atoms with Crippen molar-refractivity contribution < 1.29 is 14.3 Å². The molecule has 6 nitrogen and oxygen atoms in total. The topological polar surface area (TPSA) is 71.5 Å². The average molecular weight is 448 g/mol. The highest BCUT2D eigenvalue weighted by Crippen LogP contribution is 2.32. The normalized spacial score (nSPS) is 17.9. The first kappa shape index (κ1) is 20.8. The SMILES string of the molecule is O=C(Nc1nc2c(s1)CN(C(=O)C(c1ccccc1)c1ccccc1)CC2)C1CCCO1. The van der Waals surface area contributed by atoms with E-state index in [9.17, 15) is 9.59 Å². The van der Waals surface area contributed by atoms with Gasteiger partial charge in [-0.05, 0) is 24.0 Å². The molecule has 2 amide bonds. The molecule has 3 heterocycles. The van der Waals surface area contributed by atoms with E-state index in [2.05, 4.69) is 10.3 Å². The summed E-state index contributed by atoms with van der Waals surface area (Å²) >= 11 is 1.45. The highest BCUT2D eigenvalue weighted by atomic mass is 32.1. The van der Waals surface area contributed by atoms with E-state index in [0.29, 0.717) is 31.2 Å². The van der Waals surface area contributed by atoms with Gasteiger partial charge in [0.15, 0.2) is 5.13 Å². The van der Waals surface area contributed by atoms with Gasteiger partial charge in [0.25, 0.3) is 5.91 Å². The first-order chi connectivity index (χ1) is 15.7. The number of nitrogens with zero attached hydrogens (tertiary/aromatic N) is 2. The average Bonchev–Trinajstić information content (AvgIpc) is 3.50. The fourth-order valence-corrected chi connectivity index (χ4v) is 5.39. The Bertz CT molecular complexity index is 1050. The van der Waals surface area contributed by atoms with Crippen molar-refractivity contribution in [1.29, 1.82) is 0 Å². The number of amides is 2. The van der Waals surface area contributed by atoms with Crippen molar-refractivity contribution in [2.24, 2.45) is 0 Å². The lowest BCUT2D eigenvalue weighted by atomic mass is 9.89. The van der Waals surface area contributed by atoms with Crippen molar-refractivity contribution in [3.8, 4) is 0 Å². The van der Waals surface area contributed by atoms with E-state index >= 15 is 0 Å². The number of carbonyl (C=O) groups is 2. The molecule has 3 aromatic rings. The maximum atomic E-state index is 13.7. The minimum Gasteiger partial charge on any atom is -0.368 e. The van der Waals surface area contributed by atoms with Gasteiger partial charge in [0.05, 0.1) is 18.2 Å². The van der Waals surface area contributed by atoms with Crippen molar-refractivity contribution in [3.05, 3.63) is 82.4 Å². The van der Waals surface area contributed by atoms with Crippen molar-refractivity contribution >= 4 is 28.3 Å². The smallest absolute Gasteiger partial charge is 0.255 e. The van der Waals surface area contributed by atoms with Crippen LogP contribution in [0, 0.1) is 0 Å². The van der Waals surface area contributed by atoms with E-state index in [4.69, 9.17) is 4.74 Å². The van der Waals surface area contributed by atoms with Crippen LogP contribution in [0.2, 0.25) is 0 Å². The number of hydrogen-bond donors (Lipinski definition) is 1. The summed E-state index contributed by atoms with van der Waals surface area (Å²) in [4.78, 5) is 33.6. The van der Waals surface area contributed by atoms with E-state index < -0.39 is 0 Å². The number of benzene rings is 2. The molecule has 5 rings (SSSR count). The number of rotatable bonds is 5. The predicted octanol–water partition coefficient (Wildman–Crippen LogP) is 3.98. The van der Waals surface area contributed by atoms with Gasteiger partial charge in [-0.1, -0.05) is 72.0 Å². The lowest BCUT2D eigenvalue weighted by Crippen LogP contribution is -2.39. The van der Waals surface area contributed by atoms with Gasteiger partial charge in [0.2, 0.25) is 5.91 Å². The van der Waals surface area contributed by atoms with Gasteiger partial charge in [-0.3, -0.25) is 14.9 Å². The van der Waals surface area contributed by atoms with Crippen LogP contribution in [0.5, 0.6) is 0 Å². The fourth-order valence-electron chi connectivity index (χ4n) is 4.36. The molecule has 7 heteroatoms. The van der Waals surface area contributed by atoms with Crippen LogP contribution in [-0.4, -0.2) is 41.0 Å². The van der Waals surface area contributed by atoms with Crippen LogP contribution in [0.3, 0.4) is 0 Å². The Kier molecular flexibility index (Phi) is 6.01. The highest BCUT2D eigenvalue weighted by molar-refractivity contribution is 7.15. The number of carbonyl (C=O) groups excluding carboxylic acids is 2. The molecule has 2 aromatic carbocycles. The van der Waals surface area contributed by atoms with E-state index in [1.807, 2.05) is 65.6 Å². The van der Waals surface area contributed by atoms with E-state index in [-0.39, 0.29) is 23.8 Å². The van der Waals surface area contributed by atoms with Crippen LogP contribution in [0.1, 0.15) is 40.5 Å². The predicted molar refractivity (Wildman–Crippen MR) is 124 cm³/mol. The fraction of sp³-hybridized carbons (Fsp3) is 0.320. The zero-order valence-electron chi connectivity index (χ0n) is 17.7. The van der Waals surface area contributed by atoms with Crippen LogP contribution in [0.25, 0.3) is 0 Å². The Hall–Kier alpha value is -3.03. The molecule has 1 N–H and O–H groups in total. The molecule has 2 aliphatic rings. The molecule has 0 aliphatic carbocycles. The largest absolute Gasteiger partial charge is 0.368 e. The molecule has 2 aliphatic heterocycles. The van der Waals surface area contributed by atoms with Crippen LogP contribution < -0.4 is 5.32 Å². The highest BCUT2D eigenvalue weighted by Gasteiger charge is 2.32. The molecule has 1 aromatic heterocycles. The summed E-state index contributed by atoms with van der Waals surface area (Å²) in [5.74, 6) is -0.383. The number of fused-ring (bicyclic) bond motifs is 1. The Labute approximate surface area is 191 Å². The van der Waals surface area contributed by atoms with E-state index in [1.54, 1.807) is 0 Å². The van der Waals surface area contributed by atoms with Gasteiger partial charge in [0.1, 0.15) is 6.10 Å². The second kappa shape index (κ2) is 9.22. The molecule has 0 saturated carbocycles. The number of thiazole rings is 1. The Balaban J connectivity index is 1.34. The molecule has 164 valence electrons. The summed E-state index contributed by atoms with van der Waals surface area (Å²) in [6, 6.07) is 19.9. The molecule has 1 fully saturated rings. The quantitative estimate of drug-likeness (QED) is 0.642. The molecule has 0 bridgehead atoms. The summed E-state index contributed by atoms with van der Waals surface area (Å²) in [7, 11) is 0. The molecule has 1 saturated heterocycles. The standard InChI is InChI=1S/C25H25N3O3S/c29-23(20-12-7-15-31-20)27-25-26-19-13-14-28(16-21(19)32-25)24(30)22(17-8-3-1-4-9-17)18-10-5-2-6-11-18/h1-6,8-11,20,22H,7,12-16H2,(H,26,27,29). The maximum Gasteiger partial charge on any atom is 0.255 e. The summed E-state index contributed by atoms with van der Waals surface area (Å²) in [5, 5.41) is 3.49. The summed E-state index contributed by atoms with van der Waals surface area (Å²) in [6.07, 6.45) is 1.96. The third-order valence-electron chi connectivity index (χ3n) is 6.01. The molecule has 1 atom stereocenters. The number of hydrogen-bond acceptors (Lipinski definition) is 5. The molecular weight excluding hydrogens is 422 g/mol. The van der Waals surface area contributed by atoms with Crippen molar-refractivity contribution in [3.63, 3.8) is 0 Å². The van der Waals surface area contributed by atoms with Crippen LogP contribution in [0.15, 0.2) is 60.7 Å². The van der Waals surface area contributed by atoms with E-state index in [1.165, 1.54) is 11.3 Å². The Morgan fingerprint density at radius 3 is 2.38 bits per heavy atom. The van der Waals surface area contributed by atoms with Gasteiger partial charge in [-0.25, -0.2) is 4.98 Å². The Morgan fingerprint density at radius 1 is 1.06 bits per heavy atom. The lowest BCUT2D eigenvalue weighted by Gasteiger charge is -2.30. The number of aromatic nitrogens is 1. The number of ether oxygens (including phenoxy) is 1. The van der Waals surface area contributed by atoms with Gasteiger partial charge in [0, 0.05) is 24.4 Å². The minimum atomic E-state index is -0.383. The molecule has 32 heavy (non-hydrogen) atoms. The third-order valence-corrected chi connectivity index (χ3v) is 7.01. The number of nitrogens with one attached hydrogen (secondary N) is 1. The van der Waals surface area contributed by atoms with Gasteiger partial charge in [-0.15, -0.1) is 0 Å². The first-order valence-corrected chi connectivity index (χ1v) is 11.8. The second-order valence-electron chi connectivity index (χ2n) is 8.14. The molecule has 1 unspecified atom stereocenters. The van der Waals surface area contributed by atoms with Gasteiger partial charge >= 0.3 is 0 Å². The lowest BCUT2D eigenvalue weighted by molar-refractivity contribution is -0.132. The second-order valence-corrected chi connectivity index (χ2v) is 9.23. The number of anilines is 1. The zero-order valence-corrected chi connectivity index (χ0v) is 18.5. The van der Waals surface area contributed by atoms with Gasteiger partial charge < -0.3 is 9.64 Å². The maximum absolute atomic E-state index is 13.7. The van der Waals surface area contributed by atoms with Crippen LogP contribution in [-0.2, 0) is 27.3 Å². The Morgan fingerprint density at radius 2 is 1.75 bits per heavy atom. The monoisotopic (exact) mass is 447 g/mol. The molecule has 0 radical (unpaired) electrons. The van der Waals surface area contributed by atoms with Crippen LogP contribution in [0.4, 0.5) is 5.13 Å². The zero-order chi connectivity index (χ0) is 21.9. The summed E-state index contributed by atoms with van der Waals surface area (Å²) in [5.41, 5.74) is 2.95.